The summed E-state index contributed by atoms with van der Waals surface area (Å²) < 4.78 is 8.26. The first-order valence-electron chi connectivity index (χ1n) is 9.61. The number of nitrogens with one attached hydrogen (secondary N) is 1. The largest absolute Gasteiger partial charge is 0.441 e. The predicted molar refractivity (Wildman–Crippen MR) is 112 cm³/mol. The quantitative estimate of drug-likeness (QED) is 0.581. The Kier molecular flexibility index (Phi) is 4.23. The lowest BCUT2D eigenvalue weighted by Gasteiger charge is -2.17. The average Bonchev–Trinajstić information content (AvgIpc) is 3.36. The highest BCUT2D eigenvalue weighted by Crippen LogP contribution is 2.42. The highest BCUT2D eigenvalue weighted by molar-refractivity contribution is 9.10. The Labute approximate surface area is 176 Å². The van der Waals surface area contributed by atoms with Gasteiger partial charge < -0.3 is 14.5 Å². The summed E-state index contributed by atoms with van der Waals surface area (Å²) in [5.41, 5.74) is 3.15. The SMILES string of the molecule is CC1(C)CN(c2cc(C3CC3)cn3cc(CNc4cc(Br)ncn4)nc23)C(=O)O1. The first-order chi connectivity index (χ1) is 13.9. The molecule has 3 aromatic heterocycles. The third-order valence-corrected chi connectivity index (χ3v) is 5.58. The Morgan fingerprint density at radius 3 is 2.79 bits per heavy atom. The number of cyclic esters (lactones) is 1. The molecular formula is C20H21BrN6O2. The van der Waals surface area contributed by atoms with E-state index in [4.69, 9.17) is 9.72 Å². The number of ether oxygens (including phenoxy) is 1. The smallest absolute Gasteiger partial charge is 0.415 e. The van der Waals surface area contributed by atoms with Gasteiger partial charge in [0, 0.05) is 18.5 Å². The van der Waals surface area contributed by atoms with E-state index in [0.717, 1.165) is 21.6 Å². The van der Waals surface area contributed by atoms with Crippen LogP contribution in [0.3, 0.4) is 0 Å². The molecule has 0 atom stereocenters. The van der Waals surface area contributed by atoms with Crippen molar-refractivity contribution >= 4 is 39.2 Å². The number of aromatic nitrogens is 4. The number of nitrogens with zero attached hydrogens (tertiary/aromatic N) is 5. The van der Waals surface area contributed by atoms with E-state index in [-0.39, 0.29) is 6.09 Å². The van der Waals surface area contributed by atoms with Gasteiger partial charge in [0.25, 0.3) is 0 Å². The maximum Gasteiger partial charge on any atom is 0.415 e. The van der Waals surface area contributed by atoms with E-state index in [1.54, 1.807) is 4.90 Å². The minimum atomic E-state index is -0.513. The van der Waals surface area contributed by atoms with Gasteiger partial charge in [0.05, 0.1) is 24.5 Å². The number of hydrogen-bond acceptors (Lipinski definition) is 6. The molecule has 8 nitrogen and oxygen atoms in total. The molecule has 4 heterocycles. The van der Waals surface area contributed by atoms with Crippen LogP contribution in [0.1, 0.15) is 43.9 Å². The molecule has 1 saturated heterocycles. The van der Waals surface area contributed by atoms with Crippen molar-refractivity contribution in [1.82, 2.24) is 19.4 Å². The van der Waals surface area contributed by atoms with Crippen molar-refractivity contribution in [3.63, 3.8) is 0 Å². The maximum absolute atomic E-state index is 12.5. The fraction of sp³-hybridized carbons (Fsp3) is 0.400. The molecule has 0 radical (unpaired) electrons. The summed E-state index contributed by atoms with van der Waals surface area (Å²) in [7, 11) is 0. The zero-order valence-corrected chi connectivity index (χ0v) is 17.8. The molecule has 3 aromatic rings. The monoisotopic (exact) mass is 456 g/mol. The highest BCUT2D eigenvalue weighted by atomic mass is 79.9. The minimum absolute atomic E-state index is 0.321. The van der Waals surface area contributed by atoms with Crippen molar-refractivity contribution in [2.45, 2.75) is 44.8 Å². The topological polar surface area (TPSA) is 84.7 Å². The van der Waals surface area contributed by atoms with Gasteiger partial charge in [0.1, 0.15) is 22.3 Å². The third kappa shape index (κ3) is 3.66. The molecule has 1 saturated carbocycles. The lowest BCUT2D eigenvalue weighted by Crippen LogP contribution is -2.28. The van der Waals surface area contributed by atoms with Gasteiger partial charge in [-0.1, -0.05) is 0 Å². The Balaban J connectivity index is 1.49. The van der Waals surface area contributed by atoms with Gasteiger partial charge in [-0.05, 0) is 60.2 Å². The van der Waals surface area contributed by atoms with Crippen molar-refractivity contribution in [2.24, 2.45) is 0 Å². The average molecular weight is 457 g/mol. The molecular weight excluding hydrogens is 436 g/mol. The summed E-state index contributed by atoms with van der Waals surface area (Å²) in [5, 5.41) is 3.26. The number of amides is 1. The molecule has 0 aromatic carbocycles. The van der Waals surface area contributed by atoms with E-state index >= 15 is 0 Å². The van der Waals surface area contributed by atoms with E-state index in [1.165, 1.54) is 24.7 Å². The van der Waals surface area contributed by atoms with Crippen molar-refractivity contribution in [2.75, 3.05) is 16.8 Å². The van der Waals surface area contributed by atoms with Crippen LogP contribution in [0.4, 0.5) is 16.3 Å². The molecule has 1 aliphatic carbocycles. The van der Waals surface area contributed by atoms with E-state index in [2.05, 4.69) is 43.5 Å². The second kappa shape index (κ2) is 6.69. The minimum Gasteiger partial charge on any atom is -0.441 e. The van der Waals surface area contributed by atoms with E-state index in [0.29, 0.717) is 24.8 Å². The van der Waals surface area contributed by atoms with Gasteiger partial charge >= 0.3 is 6.09 Å². The number of anilines is 2. The zero-order chi connectivity index (χ0) is 20.2. The Morgan fingerprint density at radius 2 is 2.10 bits per heavy atom. The normalized spacial score (nSPS) is 18.3. The molecule has 0 spiro atoms. The van der Waals surface area contributed by atoms with Gasteiger partial charge in [-0.15, -0.1) is 0 Å². The molecule has 29 heavy (non-hydrogen) atoms. The van der Waals surface area contributed by atoms with Gasteiger partial charge in [-0.25, -0.2) is 19.7 Å². The van der Waals surface area contributed by atoms with Crippen molar-refractivity contribution < 1.29 is 9.53 Å². The summed E-state index contributed by atoms with van der Waals surface area (Å²) in [6.45, 7) is 4.87. The standard InChI is InChI=1S/C20H21BrN6O2/c1-20(2)10-27(19(28)29-20)15-5-13(12-3-4-12)8-26-9-14(25-18(15)26)7-22-17-6-16(21)23-11-24-17/h5-6,8-9,11-12H,3-4,7,10H2,1-2H3,(H,22,23,24). The lowest BCUT2D eigenvalue weighted by atomic mass is 10.1. The van der Waals surface area contributed by atoms with Crippen LogP contribution in [0.25, 0.3) is 5.65 Å². The Hall–Kier alpha value is -2.68. The van der Waals surface area contributed by atoms with E-state index < -0.39 is 5.60 Å². The number of halogens is 1. The first-order valence-corrected chi connectivity index (χ1v) is 10.4. The van der Waals surface area contributed by atoms with Crippen molar-refractivity contribution in [3.05, 3.63) is 46.7 Å². The number of imidazole rings is 1. The van der Waals surface area contributed by atoms with Crippen LogP contribution in [-0.4, -0.2) is 37.6 Å². The molecule has 2 fully saturated rings. The Morgan fingerprint density at radius 1 is 1.28 bits per heavy atom. The summed E-state index contributed by atoms with van der Waals surface area (Å²) >= 11 is 3.35. The molecule has 0 unspecified atom stereocenters. The Bertz CT molecular complexity index is 1110. The molecule has 2 aliphatic rings. The second-order valence-corrected chi connectivity index (χ2v) is 9.00. The summed E-state index contributed by atoms with van der Waals surface area (Å²) in [6, 6.07) is 3.91. The molecule has 1 aliphatic heterocycles. The first kappa shape index (κ1) is 18.4. The molecule has 5 rings (SSSR count). The van der Waals surface area contributed by atoms with Crippen LogP contribution in [0, 0.1) is 0 Å². The van der Waals surface area contributed by atoms with Crippen molar-refractivity contribution in [1.29, 1.82) is 0 Å². The van der Waals surface area contributed by atoms with Crippen LogP contribution in [0.2, 0.25) is 0 Å². The zero-order valence-electron chi connectivity index (χ0n) is 16.2. The number of carbonyl (C=O) groups excluding carboxylic acids is 1. The molecule has 1 N–H and O–H groups in total. The maximum atomic E-state index is 12.5. The van der Waals surface area contributed by atoms with Gasteiger partial charge in [0.15, 0.2) is 5.65 Å². The number of pyridine rings is 1. The summed E-state index contributed by atoms with van der Waals surface area (Å²) in [6.07, 6.45) is 7.68. The number of rotatable bonds is 5. The van der Waals surface area contributed by atoms with Crippen LogP contribution < -0.4 is 10.2 Å². The second-order valence-electron chi connectivity index (χ2n) is 8.19. The molecule has 150 valence electrons. The van der Waals surface area contributed by atoms with Gasteiger partial charge in [-0.3, -0.25) is 4.90 Å². The summed E-state index contributed by atoms with van der Waals surface area (Å²) in [5.74, 6) is 1.28. The third-order valence-electron chi connectivity index (χ3n) is 5.15. The van der Waals surface area contributed by atoms with Gasteiger partial charge in [0.2, 0.25) is 0 Å². The number of hydrogen-bond donors (Lipinski definition) is 1. The number of carbonyl (C=O) groups is 1. The highest BCUT2D eigenvalue weighted by Gasteiger charge is 2.40. The summed E-state index contributed by atoms with van der Waals surface area (Å²) in [4.78, 5) is 27.2. The predicted octanol–water partition coefficient (Wildman–Crippen LogP) is 4.11. The number of fused-ring (bicyclic) bond motifs is 1. The molecule has 1 amide bonds. The van der Waals surface area contributed by atoms with Crippen molar-refractivity contribution in [3.8, 4) is 0 Å². The van der Waals surface area contributed by atoms with Gasteiger partial charge in [-0.2, -0.15) is 0 Å². The van der Waals surface area contributed by atoms with E-state index in [1.807, 2.05) is 30.5 Å². The molecule has 9 heteroatoms. The van der Waals surface area contributed by atoms with E-state index in [9.17, 15) is 4.79 Å². The fourth-order valence-corrected chi connectivity index (χ4v) is 3.95. The lowest BCUT2D eigenvalue weighted by molar-refractivity contribution is 0.0871. The fourth-order valence-electron chi connectivity index (χ4n) is 3.64. The van der Waals surface area contributed by atoms with Crippen LogP contribution in [-0.2, 0) is 11.3 Å². The molecule has 0 bridgehead atoms. The van der Waals surface area contributed by atoms with Crippen LogP contribution in [0.15, 0.2) is 35.5 Å². The van der Waals surface area contributed by atoms with Crippen LogP contribution >= 0.6 is 15.9 Å². The van der Waals surface area contributed by atoms with Crippen LogP contribution in [0.5, 0.6) is 0 Å².